The molecule has 0 aromatic heterocycles. The summed E-state index contributed by atoms with van der Waals surface area (Å²) in [6.07, 6.45) is 1.73. The summed E-state index contributed by atoms with van der Waals surface area (Å²) in [5.41, 5.74) is 4.54. The van der Waals surface area contributed by atoms with Gasteiger partial charge < -0.3 is 0 Å². The molecule has 0 radical (unpaired) electrons. The summed E-state index contributed by atoms with van der Waals surface area (Å²) >= 11 is 5.76. The van der Waals surface area contributed by atoms with Crippen LogP contribution in [0.25, 0.3) is 0 Å². The molecule has 1 aliphatic heterocycles. The summed E-state index contributed by atoms with van der Waals surface area (Å²) < 4.78 is 1.36. The molecule has 0 aliphatic carbocycles. The van der Waals surface area contributed by atoms with Crippen molar-refractivity contribution in [2.24, 2.45) is 5.10 Å². The molecule has 0 saturated heterocycles. The van der Waals surface area contributed by atoms with Gasteiger partial charge in [0.1, 0.15) is 0 Å². The largest absolute Gasteiger partial charge is 0.203 e. The first-order valence-corrected chi connectivity index (χ1v) is 3.55. The van der Waals surface area contributed by atoms with Crippen LogP contribution in [-0.4, -0.2) is 6.21 Å². The average Bonchev–Trinajstić information content (AvgIpc) is 2.06. The number of hydrazine groups is 1. The number of anilines is 1. The molecular weight excluding hydrogens is 162 g/mol. The summed E-state index contributed by atoms with van der Waals surface area (Å²) in [6.45, 7) is 0. The van der Waals surface area contributed by atoms with Crippen LogP contribution in [0.2, 0.25) is 0 Å². The van der Waals surface area contributed by atoms with Gasteiger partial charge in [-0.1, -0.05) is 18.2 Å². The van der Waals surface area contributed by atoms with Crippen LogP contribution in [0, 0.1) is 0 Å². The van der Waals surface area contributed by atoms with Gasteiger partial charge >= 0.3 is 0 Å². The standard InChI is InChI=1S/C7H6ClN3/c8-11-7-4-2-1-3-6(7)5-9-10-11/h1-5,10H. The SMILES string of the molecule is ClN1NN=Cc2ccccc21. The second-order valence-electron chi connectivity index (χ2n) is 2.20. The molecule has 11 heavy (non-hydrogen) atoms. The van der Waals surface area contributed by atoms with Gasteiger partial charge in [0, 0.05) is 17.3 Å². The smallest absolute Gasteiger partial charge is 0.0865 e. The number of para-hydroxylation sites is 1. The molecule has 1 aromatic carbocycles. The van der Waals surface area contributed by atoms with Crippen molar-refractivity contribution in [3.05, 3.63) is 29.8 Å². The van der Waals surface area contributed by atoms with Crippen molar-refractivity contribution in [1.29, 1.82) is 0 Å². The Hall–Kier alpha value is -1.22. The first kappa shape index (κ1) is 6.49. The molecule has 1 N–H and O–H groups in total. The maximum Gasteiger partial charge on any atom is 0.0865 e. The molecule has 0 atom stereocenters. The molecular formula is C7H6ClN3. The van der Waals surface area contributed by atoms with Gasteiger partial charge in [-0.05, 0) is 6.07 Å². The molecule has 56 valence electrons. The second-order valence-corrected chi connectivity index (χ2v) is 2.54. The fourth-order valence-corrected chi connectivity index (χ4v) is 1.18. The number of rotatable bonds is 0. The van der Waals surface area contributed by atoms with E-state index in [1.54, 1.807) is 6.21 Å². The Labute approximate surface area is 69.4 Å². The highest BCUT2D eigenvalue weighted by Gasteiger charge is 2.09. The van der Waals surface area contributed by atoms with Crippen molar-refractivity contribution in [1.82, 2.24) is 5.53 Å². The minimum absolute atomic E-state index is 0.921. The number of nitrogens with zero attached hydrogens (tertiary/aromatic N) is 2. The highest BCUT2D eigenvalue weighted by Crippen LogP contribution is 2.20. The highest BCUT2D eigenvalue weighted by atomic mass is 35.5. The first-order chi connectivity index (χ1) is 5.38. The number of hydrazone groups is 1. The third kappa shape index (κ3) is 1.03. The third-order valence-corrected chi connectivity index (χ3v) is 1.76. The molecule has 0 bridgehead atoms. The summed E-state index contributed by atoms with van der Waals surface area (Å²) in [5, 5.41) is 3.82. The van der Waals surface area contributed by atoms with Crippen LogP contribution < -0.4 is 10.1 Å². The Bertz CT molecular complexity index is 297. The lowest BCUT2D eigenvalue weighted by Crippen LogP contribution is -2.28. The van der Waals surface area contributed by atoms with Crippen LogP contribution in [0.15, 0.2) is 29.4 Å². The van der Waals surface area contributed by atoms with E-state index < -0.39 is 0 Å². The number of nitrogens with one attached hydrogen (secondary N) is 1. The van der Waals surface area contributed by atoms with E-state index in [1.807, 2.05) is 24.3 Å². The predicted molar refractivity (Wildman–Crippen MR) is 45.5 cm³/mol. The summed E-state index contributed by atoms with van der Waals surface area (Å²) in [5.74, 6) is 0. The quantitative estimate of drug-likeness (QED) is 0.593. The fourth-order valence-electron chi connectivity index (χ4n) is 0.978. The van der Waals surface area contributed by atoms with E-state index in [2.05, 4.69) is 10.6 Å². The van der Waals surface area contributed by atoms with Crippen LogP contribution in [0.5, 0.6) is 0 Å². The number of hydrogen-bond acceptors (Lipinski definition) is 3. The van der Waals surface area contributed by atoms with E-state index >= 15 is 0 Å². The van der Waals surface area contributed by atoms with E-state index in [0.717, 1.165) is 11.3 Å². The van der Waals surface area contributed by atoms with Crippen LogP contribution in [-0.2, 0) is 0 Å². The number of hydrogen-bond donors (Lipinski definition) is 1. The van der Waals surface area contributed by atoms with Gasteiger partial charge in [-0.25, -0.2) is 5.53 Å². The molecule has 1 aromatic rings. The van der Waals surface area contributed by atoms with Gasteiger partial charge in [0.05, 0.1) is 11.9 Å². The van der Waals surface area contributed by atoms with Crippen molar-refractivity contribution in [2.75, 3.05) is 4.53 Å². The molecule has 2 rings (SSSR count). The maximum atomic E-state index is 5.76. The summed E-state index contributed by atoms with van der Waals surface area (Å²) in [4.78, 5) is 0. The molecule has 0 spiro atoms. The zero-order valence-corrected chi connectivity index (χ0v) is 6.42. The van der Waals surface area contributed by atoms with Crippen LogP contribution >= 0.6 is 11.8 Å². The van der Waals surface area contributed by atoms with Gasteiger partial charge in [-0.3, -0.25) is 0 Å². The predicted octanol–water partition coefficient (Wildman–Crippen LogP) is 1.50. The molecule has 4 heteroatoms. The van der Waals surface area contributed by atoms with Crippen LogP contribution in [0.3, 0.4) is 0 Å². The normalized spacial score (nSPS) is 14.1. The van der Waals surface area contributed by atoms with E-state index in [1.165, 1.54) is 4.53 Å². The lowest BCUT2D eigenvalue weighted by atomic mass is 10.2. The van der Waals surface area contributed by atoms with Gasteiger partial charge in [-0.15, -0.1) is 0 Å². The van der Waals surface area contributed by atoms with E-state index in [0.29, 0.717) is 0 Å². The average molecular weight is 168 g/mol. The molecule has 0 saturated carbocycles. The van der Waals surface area contributed by atoms with E-state index in [-0.39, 0.29) is 0 Å². The molecule has 0 fully saturated rings. The Balaban J connectivity index is 2.54. The minimum Gasteiger partial charge on any atom is -0.203 e. The maximum absolute atomic E-state index is 5.76. The molecule has 1 heterocycles. The summed E-state index contributed by atoms with van der Waals surface area (Å²) in [6, 6.07) is 7.74. The molecule has 1 aliphatic rings. The Morgan fingerprint density at radius 1 is 1.36 bits per heavy atom. The third-order valence-electron chi connectivity index (χ3n) is 1.50. The topological polar surface area (TPSA) is 27.6 Å². The number of benzene rings is 1. The Kier molecular flexibility index (Phi) is 1.43. The van der Waals surface area contributed by atoms with Crippen molar-refractivity contribution < 1.29 is 0 Å². The monoisotopic (exact) mass is 167 g/mol. The van der Waals surface area contributed by atoms with Gasteiger partial charge in [0.2, 0.25) is 0 Å². The minimum atomic E-state index is 0.921. The van der Waals surface area contributed by atoms with Crippen LogP contribution in [0.1, 0.15) is 5.56 Å². The zero-order chi connectivity index (χ0) is 7.68. The van der Waals surface area contributed by atoms with E-state index in [9.17, 15) is 0 Å². The van der Waals surface area contributed by atoms with Gasteiger partial charge in [0.15, 0.2) is 0 Å². The van der Waals surface area contributed by atoms with E-state index in [4.69, 9.17) is 11.8 Å². The highest BCUT2D eigenvalue weighted by molar-refractivity contribution is 6.26. The first-order valence-electron chi connectivity index (χ1n) is 3.21. The Morgan fingerprint density at radius 3 is 3.00 bits per heavy atom. The van der Waals surface area contributed by atoms with Gasteiger partial charge in [0.25, 0.3) is 0 Å². The number of halogens is 1. The summed E-state index contributed by atoms with van der Waals surface area (Å²) in [7, 11) is 0. The lowest BCUT2D eigenvalue weighted by Gasteiger charge is -2.19. The fraction of sp³-hybridized carbons (Fsp3) is 0. The van der Waals surface area contributed by atoms with Crippen molar-refractivity contribution in [3.63, 3.8) is 0 Å². The van der Waals surface area contributed by atoms with Crippen LogP contribution in [0.4, 0.5) is 5.69 Å². The zero-order valence-electron chi connectivity index (χ0n) is 5.66. The van der Waals surface area contributed by atoms with Crippen molar-refractivity contribution >= 4 is 23.7 Å². The van der Waals surface area contributed by atoms with Crippen molar-refractivity contribution in [2.45, 2.75) is 0 Å². The molecule has 3 nitrogen and oxygen atoms in total. The molecule has 0 amide bonds. The second kappa shape index (κ2) is 2.43. The lowest BCUT2D eigenvalue weighted by molar-refractivity contribution is 0.796. The van der Waals surface area contributed by atoms with Gasteiger partial charge in [-0.2, -0.15) is 9.63 Å². The Morgan fingerprint density at radius 2 is 2.18 bits per heavy atom. The molecule has 0 unspecified atom stereocenters. The van der Waals surface area contributed by atoms with Crippen molar-refractivity contribution in [3.8, 4) is 0 Å². The number of fused-ring (bicyclic) bond motifs is 1.